The Morgan fingerprint density at radius 1 is 0.278 bits per heavy atom. The van der Waals surface area contributed by atoms with Crippen molar-refractivity contribution in [2.24, 2.45) is 0 Å². The molecule has 6 nitrogen and oxygen atoms in total. The first-order valence-corrected chi connectivity index (χ1v) is 32.0. The lowest BCUT2D eigenvalue weighted by Crippen LogP contribution is -2.30. The monoisotopic (exact) mass is 1010 g/mol. The summed E-state index contributed by atoms with van der Waals surface area (Å²) in [6.45, 7) is 6.65. The van der Waals surface area contributed by atoms with Gasteiger partial charge in [0.05, 0.1) is 0 Å². The molecule has 1 unspecified atom stereocenters. The number of carbonyl (C=O) groups is 3. The molecular weight excluding hydrogens is 889 g/mol. The topological polar surface area (TPSA) is 78.9 Å². The van der Waals surface area contributed by atoms with E-state index in [9.17, 15) is 14.4 Å². The highest BCUT2D eigenvalue weighted by Crippen LogP contribution is 2.17. The highest BCUT2D eigenvalue weighted by molar-refractivity contribution is 5.71. The molecule has 72 heavy (non-hydrogen) atoms. The molecule has 0 heterocycles. The van der Waals surface area contributed by atoms with E-state index in [4.69, 9.17) is 14.2 Å². The molecule has 0 bridgehead atoms. The molecule has 0 aliphatic heterocycles. The summed E-state index contributed by atoms with van der Waals surface area (Å²) in [5.41, 5.74) is 0. The van der Waals surface area contributed by atoms with E-state index in [2.05, 4.69) is 57.2 Å². The number of allylic oxidation sites excluding steroid dienone is 6. The summed E-state index contributed by atoms with van der Waals surface area (Å²) < 4.78 is 16.9. The molecule has 0 saturated carbocycles. The van der Waals surface area contributed by atoms with Crippen LogP contribution in [-0.2, 0) is 28.6 Å². The van der Waals surface area contributed by atoms with Crippen LogP contribution in [0.1, 0.15) is 348 Å². The molecule has 0 saturated heterocycles. The van der Waals surface area contributed by atoms with Gasteiger partial charge in [-0.1, -0.05) is 308 Å². The average Bonchev–Trinajstić information content (AvgIpc) is 3.38. The summed E-state index contributed by atoms with van der Waals surface area (Å²) in [6, 6.07) is 0. The summed E-state index contributed by atoms with van der Waals surface area (Å²) in [4.78, 5) is 38.1. The molecule has 0 rings (SSSR count). The zero-order valence-corrected chi connectivity index (χ0v) is 48.5. The zero-order valence-electron chi connectivity index (χ0n) is 48.5. The molecule has 0 aromatic carbocycles. The van der Waals surface area contributed by atoms with Gasteiger partial charge in [0.15, 0.2) is 6.10 Å². The van der Waals surface area contributed by atoms with Gasteiger partial charge in [-0.3, -0.25) is 14.4 Å². The smallest absolute Gasteiger partial charge is 0.306 e. The fourth-order valence-electron chi connectivity index (χ4n) is 9.57. The van der Waals surface area contributed by atoms with E-state index in [1.54, 1.807) is 0 Å². The minimum Gasteiger partial charge on any atom is -0.462 e. The molecule has 0 aromatic rings. The highest BCUT2D eigenvalue weighted by Gasteiger charge is 2.19. The fraction of sp³-hybridized carbons (Fsp3) is 0.864. The van der Waals surface area contributed by atoms with Gasteiger partial charge in [-0.15, -0.1) is 0 Å². The largest absolute Gasteiger partial charge is 0.462 e. The molecule has 0 spiro atoms. The standard InChI is InChI=1S/C66H122O6/c1-4-7-10-13-16-19-21-23-25-27-28-29-30-31-32-33-34-35-36-37-38-40-41-43-45-47-50-53-56-59-65(68)71-62-63(61-70-64(67)58-55-52-49-18-15-12-9-6-3)72-66(69)60-57-54-51-48-46-44-42-39-26-24-22-20-17-14-11-8-5-2/h21,23,27-28,30-31,63H,4-20,22,24-26,29,32-62H2,1-3H3/b23-21-,28-27-,31-30-. The van der Waals surface area contributed by atoms with E-state index in [0.717, 1.165) is 70.6 Å². The third-order valence-corrected chi connectivity index (χ3v) is 14.4. The predicted molar refractivity (Wildman–Crippen MR) is 312 cm³/mol. The van der Waals surface area contributed by atoms with E-state index >= 15 is 0 Å². The predicted octanol–water partition coefficient (Wildman–Crippen LogP) is 21.6. The van der Waals surface area contributed by atoms with Crippen molar-refractivity contribution in [3.8, 4) is 0 Å². The lowest BCUT2D eigenvalue weighted by molar-refractivity contribution is -0.167. The van der Waals surface area contributed by atoms with Crippen molar-refractivity contribution in [1.82, 2.24) is 0 Å². The van der Waals surface area contributed by atoms with Crippen molar-refractivity contribution in [3.63, 3.8) is 0 Å². The molecule has 0 radical (unpaired) electrons. The Kier molecular flexibility index (Phi) is 59.2. The van der Waals surface area contributed by atoms with Gasteiger partial charge >= 0.3 is 17.9 Å². The number of hydrogen-bond acceptors (Lipinski definition) is 6. The van der Waals surface area contributed by atoms with Crippen LogP contribution in [0.4, 0.5) is 0 Å². The van der Waals surface area contributed by atoms with Crippen molar-refractivity contribution >= 4 is 17.9 Å². The molecule has 6 heteroatoms. The van der Waals surface area contributed by atoms with Crippen molar-refractivity contribution in [2.45, 2.75) is 354 Å². The van der Waals surface area contributed by atoms with Crippen molar-refractivity contribution in [3.05, 3.63) is 36.5 Å². The van der Waals surface area contributed by atoms with Crippen LogP contribution in [0.25, 0.3) is 0 Å². The number of rotatable bonds is 59. The summed E-state index contributed by atoms with van der Waals surface area (Å²) in [7, 11) is 0. The maximum atomic E-state index is 12.8. The van der Waals surface area contributed by atoms with Crippen LogP contribution < -0.4 is 0 Å². The normalized spacial score (nSPS) is 12.2. The lowest BCUT2D eigenvalue weighted by atomic mass is 10.0. The van der Waals surface area contributed by atoms with Crippen molar-refractivity contribution < 1.29 is 28.6 Å². The minimum atomic E-state index is -0.766. The maximum absolute atomic E-state index is 12.8. The van der Waals surface area contributed by atoms with E-state index < -0.39 is 6.10 Å². The third kappa shape index (κ3) is 58.5. The third-order valence-electron chi connectivity index (χ3n) is 14.4. The van der Waals surface area contributed by atoms with Crippen LogP contribution in [-0.4, -0.2) is 37.2 Å². The van der Waals surface area contributed by atoms with Crippen molar-refractivity contribution in [1.29, 1.82) is 0 Å². The fourth-order valence-corrected chi connectivity index (χ4v) is 9.57. The summed E-state index contributed by atoms with van der Waals surface area (Å²) in [6.07, 6.45) is 74.6. The Balaban J connectivity index is 4.08. The zero-order chi connectivity index (χ0) is 52.2. The van der Waals surface area contributed by atoms with E-state index in [1.807, 2.05) is 0 Å². The molecule has 0 aliphatic carbocycles. The first-order chi connectivity index (χ1) is 35.5. The van der Waals surface area contributed by atoms with Gasteiger partial charge in [0, 0.05) is 19.3 Å². The van der Waals surface area contributed by atoms with Crippen LogP contribution in [0.15, 0.2) is 36.5 Å². The summed E-state index contributed by atoms with van der Waals surface area (Å²) >= 11 is 0. The maximum Gasteiger partial charge on any atom is 0.306 e. The van der Waals surface area contributed by atoms with Crippen LogP contribution in [0.2, 0.25) is 0 Å². The number of ether oxygens (including phenoxy) is 3. The number of unbranched alkanes of at least 4 members (excludes halogenated alkanes) is 42. The molecule has 0 amide bonds. The second kappa shape index (κ2) is 61.2. The van der Waals surface area contributed by atoms with Crippen molar-refractivity contribution in [2.75, 3.05) is 13.2 Å². The van der Waals surface area contributed by atoms with Gasteiger partial charge < -0.3 is 14.2 Å². The van der Waals surface area contributed by atoms with E-state index in [-0.39, 0.29) is 31.1 Å². The Labute approximate surface area is 448 Å². The minimum absolute atomic E-state index is 0.0667. The van der Waals surface area contributed by atoms with Gasteiger partial charge in [0.2, 0.25) is 0 Å². The number of esters is 3. The molecular formula is C66H122O6. The Morgan fingerprint density at radius 2 is 0.500 bits per heavy atom. The van der Waals surface area contributed by atoms with Gasteiger partial charge in [0.1, 0.15) is 13.2 Å². The quantitative estimate of drug-likeness (QED) is 0.0261. The van der Waals surface area contributed by atoms with Gasteiger partial charge in [-0.05, 0) is 57.8 Å². The lowest BCUT2D eigenvalue weighted by Gasteiger charge is -2.18. The number of hydrogen-bond donors (Lipinski definition) is 0. The van der Waals surface area contributed by atoms with Crippen LogP contribution >= 0.6 is 0 Å². The molecule has 1 atom stereocenters. The van der Waals surface area contributed by atoms with Gasteiger partial charge in [0.25, 0.3) is 0 Å². The molecule has 0 fully saturated rings. The van der Waals surface area contributed by atoms with Crippen LogP contribution in [0, 0.1) is 0 Å². The second-order valence-electron chi connectivity index (χ2n) is 21.7. The van der Waals surface area contributed by atoms with E-state index in [1.165, 1.54) is 238 Å². The summed E-state index contributed by atoms with van der Waals surface area (Å²) in [5, 5.41) is 0. The highest BCUT2D eigenvalue weighted by atomic mass is 16.6. The Morgan fingerprint density at radius 3 is 0.778 bits per heavy atom. The molecule has 0 N–H and O–H groups in total. The Hall–Kier alpha value is -2.37. The SMILES string of the molecule is CCCCCCC/C=C\C/C=C\C/C=C\CCCCCCCCCCCCCCCCC(=O)OCC(COC(=O)CCCCCCCCCC)OC(=O)CCCCCCCCCCCCCCCCCCC. The summed E-state index contributed by atoms with van der Waals surface area (Å²) in [5.74, 6) is -0.849. The number of carbonyl (C=O) groups excluding carboxylic acids is 3. The first-order valence-electron chi connectivity index (χ1n) is 32.0. The molecule has 0 aromatic heterocycles. The first kappa shape index (κ1) is 69.6. The van der Waals surface area contributed by atoms with Crippen LogP contribution in [0.3, 0.4) is 0 Å². The van der Waals surface area contributed by atoms with E-state index in [0.29, 0.717) is 19.3 Å². The van der Waals surface area contributed by atoms with Gasteiger partial charge in [-0.25, -0.2) is 0 Å². The molecule has 0 aliphatic rings. The molecule has 422 valence electrons. The van der Waals surface area contributed by atoms with Gasteiger partial charge in [-0.2, -0.15) is 0 Å². The second-order valence-corrected chi connectivity index (χ2v) is 21.7. The Bertz CT molecular complexity index is 1210. The van der Waals surface area contributed by atoms with Crippen LogP contribution in [0.5, 0.6) is 0 Å². The average molecular weight is 1010 g/mol.